The SMILES string of the molecule is CCCCCCOC(C)(OCCCCCC)OC(=O)CCCC(=O)O. The third-order valence-electron chi connectivity index (χ3n) is 3.80. The van der Waals surface area contributed by atoms with Crippen LogP contribution in [0.4, 0.5) is 0 Å². The van der Waals surface area contributed by atoms with E-state index in [0.717, 1.165) is 51.4 Å². The van der Waals surface area contributed by atoms with Gasteiger partial charge in [-0.2, -0.15) is 0 Å². The van der Waals surface area contributed by atoms with Gasteiger partial charge in [-0.05, 0) is 19.3 Å². The average Bonchev–Trinajstić information content (AvgIpc) is 2.54. The van der Waals surface area contributed by atoms with E-state index in [2.05, 4.69) is 13.8 Å². The summed E-state index contributed by atoms with van der Waals surface area (Å²) >= 11 is 0. The quantitative estimate of drug-likeness (QED) is 0.231. The van der Waals surface area contributed by atoms with Gasteiger partial charge in [0, 0.05) is 19.8 Å². The summed E-state index contributed by atoms with van der Waals surface area (Å²) < 4.78 is 16.8. The van der Waals surface area contributed by atoms with E-state index >= 15 is 0 Å². The van der Waals surface area contributed by atoms with Crippen molar-refractivity contribution < 1.29 is 28.9 Å². The lowest BCUT2D eigenvalue weighted by atomic mass is 10.2. The van der Waals surface area contributed by atoms with Gasteiger partial charge in [0.2, 0.25) is 0 Å². The number of esters is 1. The van der Waals surface area contributed by atoms with Gasteiger partial charge in [0.15, 0.2) is 0 Å². The van der Waals surface area contributed by atoms with Gasteiger partial charge in [0.05, 0.1) is 13.2 Å². The van der Waals surface area contributed by atoms with E-state index in [0.29, 0.717) is 13.2 Å². The Morgan fingerprint density at radius 1 is 0.800 bits per heavy atom. The normalized spacial score (nSPS) is 11.5. The number of hydrogen-bond acceptors (Lipinski definition) is 5. The maximum absolute atomic E-state index is 11.9. The number of rotatable bonds is 17. The monoisotopic (exact) mass is 360 g/mol. The largest absolute Gasteiger partial charge is 0.481 e. The molecule has 0 spiro atoms. The highest BCUT2D eigenvalue weighted by molar-refractivity contribution is 5.71. The summed E-state index contributed by atoms with van der Waals surface area (Å²) in [5.41, 5.74) is 0. The first-order valence-corrected chi connectivity index (χ1v) is 9.65. The van der Waals surface area contributed by atoms with Gasteiger partial charge < -0.3 is 19.3 Å². The fourth-order valence-corrected chi connectivity index (χ4v) is 2.32. The van der Waals surface area contributed by atoms with Crippen LogP contribution in [0.3, 0.4) is 0 Å². The van der Waals surface area contributed by atoms with Crippen LogP contribution in [0, 0.1) is 0 Å². The van der Waals surface area contributed by atoms with Gasteiger partial charge in [-0.25, -0.2) is 0 Å². The van der Waals surface area contributed by atoms with Crippen molar-refractivity contribution in [2.24, 2.45) is 0 Å². The number of carboxylic acid groups (broad SMARTS) is 1. The molecule has 148 valence electrons. The molecule has 6 nitrogen and oxygen atoms in total. The van der Waals surface area contributed by atoms with E-state index in [4.69, 9.17) is 19.3 Å². The maximum atomic E-state index is 11.9. The van der Waals surface area contributed by atoms with E-state index in [1.165, 1.54) is 0 Å². The van der Waals surface area contributed by atoms with Crippen molar-refractivity contribution in [1.82, 2.24) is 0 Å². The van der Waals surface area contributed by atoms with Crippen LogP contribution in [0.5, 0.6) is 0 Å². The molecule has 0 atom stereocenters. The van der Waals surface area contributed by atoms with Gasteiger partial charge in [0.25, 0.3) is 0 Å². The number of aliphatic carboxylic acids is 1. The molecule has 1 N–H and O–H groups in total. The molecule has 0 aromatic carbocycles. The van der Waals surface area contributed by atoms with Crippen molar-refractivity contribution in [3.63, 3.8) is 0 Å². The Morgan fingerprint density at radius 2 is 1.32 bits per heavy atom. The Kier molecular flexibility index (Phi) is 14.5. The lowest BCUT2D eigenvalue weighted by Gasteiger charge is -2.29. The average molecular weight is 360 g/mol. The molecule has 0 radical (unpaired) electrons. The molecule has 0 aromatic heterocycles. The molecule has 0 rings (SSSR count). The first kappa shape index (κ1) is 23.9. The lowest BCUT2D eigenvalue weighted by Crippen LogP contribution is -2.38. The van der Waals surface area contributed by atoms with E-state index in [1.54, 1.807) is 6.92 Å². The van der Waals surface area contributed by atoms with E-state index < -0.39 is 17.9 Å². The van der Waals surface area contributed by atoms with Gasteiger partial charge in [0.1, 0.15) is 0 Å². The molecule has 0 saturated heterocycles. The zero-order chi connectivity index (χ0) is 19.0. The third kappa shape index (κ3) is 14.9. The summed E-state index contributed by atoms with van der Waals surface area (Å²) in [4.78, 5) is 22.5. The zero-order valence-electron chi connectivity index (χ0n) is 16.2. The highest BCUT2D eigenvalue weighted by Crippen LogP contribution is 2.19. The topological polar surface area (TPSA) is 82.1 Å². The molecule has 0 heterocycles. The molecule has 0 aliphatic carbocycles. The fraction of sp³-hybridized carbons (Fsp3) is 0.895. The van der Waals surface area contributed by atoms with Crippen molar-refractivity contribution in [1.29, 1.82) is 0 Å². The molecule has 0 fully saturated rings. The summed E-state index contributed by atoms with van der Waals surface area (Å²) in [5, 5.41) is 8.63. The molecular formula is C19H36O6. The van der Waals surface area contributed by atoms with Crippen LogP contribution in [-0.2, 0) is 23.8 Å². The van der Waals surface area contributed by atoms with Crippen LogP contribution < -0.4 is 0 Å². The standard InChI is InChI=1S/C19H36O6/c1-4-6-8-10-15-23-19(3,24-16-11-9-7-5-2)25-18(22)14-12-13-17(20)21/h4-16H2,1-3H3,(H,20,21). The summed E-state index contributed by atoms with van der Waals surface area (Å²) in [6.45, 7) is 6.83. The molecule has 0 aliphatic rings. The number of ether oxygens (including phenoxy) is 3. The highest BCUT2D eigenvalue weighted by atomic mass is 16.9. The second-order valence-electron chi connectivity index (χ2n) is 6.40. The third-order valence-corrected chi connectivity index (χ3v) is 3.80. The fourth-order valence-electron chi connectivity index (χ4n) is 2.32. The van der Waals surface area contributed by atoms with Crippen LogP contribution >= 0.6 is 0 Å². The van der Waals surface area contributed by atoms with Crippen LogP contribution in [0.2, 0.25) is 0 Å². The second kappa shape index (κ2) is 15.1. The Balaban J connectivity index is 4.32. The van der Waals surface area contributed by atoms with Crippen LogP contribution in [0.25, 0.3) is 0 Å². The zero-order valence-corrected chi connectivity index (χ0v) is 16.2. The second-order valence-corrected chi connectivity index (χ2v) is 6.40. The Morgan fingerprint density at radius 3 is 1.76 bits per heavy atom. The number of carbonyl (C=O) groups is 2. The summed E-state index contributed by atoms with van der Waals surface area (Å²) in [7, 11) is 0. The summed E-state index contributed by atoms with van der Waals surface area (Å²) in [6.07, 6.45) is 8.72. The van der Waals surface area contributed by atoms with Crippen molar-refractivity contribution in [2.75, 3.05) is 13.2 Å². The van der Waals surface area contributed by atoms with Crippen LogP contribution in [0.1, 0.15) is 91.4 Å². The molecule has 0 aromatic rings. The van der Waals surface area contributed by atoms with Gasteiger partial charge in [-0.3, -0.25) is 9.59 Å². The van der Waals surface area contributed by atoms with Crippen LogP contribution in [0.15, 0.2) is 0 Å². The Bertz CT molecular complexity index is 342. The number of hydrogen-bond donors (Lipinski definition) is 1. The lowest BCUT2D eigenvalue weighted by molar-refractivity contribution is -0.352. The van der Waals surface area contributed by atoms with E-state index in [1.807, 2.05) is 0 Å². The summed E-state index contributed by atoms with van der Waals surface area (Å²) in [5.74, 6) is -2.81. The molecule has 0 aliphatic heterocycles. The maximum Gasteiger partial charge on any atom is 0.326 e. The molecule has 0 saturated carbocycles. The van der Waals surface area contributed by atoms with Gasteiger partial charge in [-0.15, -0.1) is 0 Å². The van der Waals surface area contributed by atoms with E-state index in [9.17, 15) is 9.59 Å². The molecule has 25 heavy (non-hydrogen) atoms. The molecule has 0 amide bonds. The first-order valence-electron chi connectivity index (χ1n) is 9.65. The van der Waals surface area contributed by atoms with Gasteiger partial charge in [-0.1, -0.05) is 52.4 Å². The van der Waals surface area contributed by atoms with Gasteiger partial charge >= 0.3 is 17.9 Å². The van der Waals surface area contributed by atoms with Crippen molar-refractivity contribution in [2.45, 2.75) is 97.4 Å². The number of carbonyl (C=O) groups excluding carboxylic acids is 1. The first-order chi connectivity index (χ1) is 11.9. The Labute approximate surface area is 152 Å². The minimum atomic E-state index is -1.39. The Hall–Kier alpha value is -1.14. The van der Waals surface area contributed by atoms with Crippen molar-refractivity contribution in [3.8, 4) is 0 Å². The summed E-state index contributed by atoms with van der Waals surface area (Å²) in [6, 6.07) is 0. The van der Waals surface area contributed by atoms with E-state index in [-0.39, 0.29) is 19.3 Å². The molecular weight excluding hydrogens is 324 g/mol. The number of unbranched alkanes of at least 4 members (excludes halogenated alkanes) is 6. The molecule has 0 bridgehead atoms. The smallest absolute Gasteiger partial charge is 0.326 e. The predicted octanol–water partition coefficient (Wildman–Crippen LogP) is 4.65. The van der Waals surface area contributed by atoms with Crippen molar-refractivity contribution >= 4 is 11.9 Å². The van der Waals surface area contributed by atoms with Crippen molar-refractivity contribution in [3.05, 3.63) is 0 Å². The number of carboxylic acids is 1. The minimum absolute atomic E-state index is 0.0419. The highest BCUT2D eigenvalue weighted by Gasteiger charge is 2.30. The molecule has 6 heteroatoms. The van der Waals surface area contributed by atoms with Crippen LogP contribution in [-0.4, -0.2) is 36.2 Å². The predicted molar refractivity (Wildman–Crippen MR) is 96.2 cm³/mol. The molecule has 0 unspecified atom stereocenters. The minimum Gasteiger partial charge on any atom is -0.481 e.